The molecule has 2 rings (SSSR count). The molecular weight excluding hydrogens is 206 g/mol. The maximum Gasteiger partial charge on any atom is 0.303 e. The van der Waals surface area contributed by atoms with E-state index in [0.717, 1.165) is 18.8 Å². The minimum absolute atomic E-state index is 0.251. The fourth-order valence-electron chi connectivity index (χ4n) is 1.87. The lowest BCUT2D eigenvalue weighted by molar-refractivity contribution is -0.137. The van der Waals surface area contributed by atoms with Crippen LogP contribution in [0, 0.1) is 0 Å². The molecule has 0 bridgehead atoms. The second-order valence-corrected chi connectivity index (χ2v) is 4.28. The molecule has 1 aromatic rings. The summed E-state index contributed by atoms with van der Waals surface area (Å²) in [4.78, 5) is 12.8. The third-order valence-electron chi connectivity index (χ3n) is 2.84. The van der Waals surface area contributed by atoms with Crippen molar-refractivity contribution in [2.24, 2.45) is 0 Å². The Balaban J connectivity index is 1.78. The van der Waals surface area contributed by atoms with Gasteiger partial charge in [-0.1, -0.05) is 0 Å². The standard InChI is InChI=1S/C12H17NO3/c14-12(15)4-1-7-13(10-5-6-10)9-11-3-2-8-16-11/h2-3,8,10H,1,4-7,9H2,(H,14,15). The van der Waals surface area contributed by atoms with Crippen molar-refractivity contribution in [3.05, 3.63) is 24.2 Å². The van der Waals surface area contributed by atoms with E-state index in [0.29, 0.717) is 12.5 Å². The second-order valence-electron chi connectivity index (χ2n) is 4.28. The molecule has 0 spiro atoms. The molecule has 1 aromatic heterocycles. The molecule has 88 valence electrons. The van der Waals surface area contributed by atoms with Crippen LogP contribution in [0.15, 0.2) is 22.8 Å². The third-order valence-corrected chi connectivity index (χ3v) is 2.84. The maximum absolute atomic E-state index is 10.4. The van der Waals surface area contributed by atoms with E-state index in [9.17, 15) is 4.79 Å². The van der Waals surface area contributed by atoms with Crippen molar-refractivity contribution in [3.63, 3.8) is 0 Å². The summed E-state index contributed by atoms with van der Waals surface area (Å²) in [5.41, 5.74) is 0. The smallest absolute Gasteiger partial charge is 0.303 e. The second kappa shape index (κ2) is 5.16. The number of nitrogens with zero attached hydrogens (tertiary/aromatic N) is 1. The van der Waals surface area contributed by atoms with Gasteiger partial charge in [0.25, 0.3) is 0 Å². The van der Waals surface area contributed by atoms with Crippen LogP contribution < -0.4 is 0 Å². The van der Waals surface area contributed by atoms with Crippen molar-refractivity contribution in [1.82, 2.24) is 4.90 Å². The highest BCUT2D eigenvalue weighted by atomic mass is 16.4. The van der Waals surface area contributed by atoms with Gasteiger partial charge >= 0.3 is 5.97 Å². The fraction of sp³-hybridized carbons (Fsp3) is 0.583. The van der Waals surface area contributed by atoms with Gasteiger partial charge in [0.1, 0.15) is 5.76 Å². The van der Waals surface area contributed by atoms with Gasteiger partial charge in [-0.2, -0.15) is 0 Å². The Bertz CT molecular complexity index is 330. The van der Waals surface area contributed by atoms with Crippen LogP contribution in [0.3, 0.4) is 0 Å². The normalized spacial score (nSPS) is 15.6. The Kier molecular flexibility index (Phi) is 3.62. The topological polar surface area (TPSA) is 53.7 Å². The van der Waals surface area contributed by atoms with Gasteiger partial charge in [-0.05, 0) is 37.9 Å². The Labute approximate surface area is 94.9 Å². The minimum atomic E-state index is -0.714. The number of aliphatic carboxylic acids is 1. The Morgan fingerprint density at radius 3 is 2.94 bits per heavy atom. The van der Waals surface area contributed by atoms with Gasteiger partial charge < -0.3 is 9.52 Å². The fourth-order valence-corrected chi connectivity index (χ4v) is 1.87. The average Bonchev–Trinajstić information content (AvgIpc) is 2.96. The molecule has 1 saturated carbocycles. The lowest BCUT2D eigenvalue weighted by Crippen LogP contribution is -2.26. The predicted octanol–water partition coefficient (Wildman–Crippen LogP) is 2.11. The van der Waals surface area contributed by atoms with E-state index >= 15 is 0 Å². The van der Waals surface area contributed by atoms with E-state index in [1.165, 1.54) is 12.8 Å². The van der Waals surface area contributed by atoms with Crippen LogP contribution in [-0.2, 0) is 11.3 Å². The molecule has 0 aromatic carbocycles. The molecule has 0 radical (unpaired) electrons. The van der Waals surface area contributed by atoms with Gasteiger partial charge in [-0.3, -0.25) is 9.69 Å². The van der Waals surface area contributed by atoms with E-state index in [2.05, 4.69) is 4.90 Å². The monoisotopic (exact) mass is 223 g/mol. The van der Waals surface area contributed by atoms with Crippen molar-refractivity contribution in [3.8, 4) is 0 Å². The van der Waals surface area contributed by atoms with E-state index in [1.807, 2.05) is 12.1 Å². The van der Waals surface area contributed by atoms with Gasteiger partial charge in [0.05, 0.1) is 12.8 Å². The van der Waals surface area contributed by atoms with E-state index in [1.54, 1.807) is 6.26 Å². The average molecular weight is 223 g/mol. The first kappa shape index (κ1) is 11.2. The number of carbonyl (C=O) groups is 1. The molecule has 4 heteroatoms. The summed E-state index contributed by atoms with van der Waals surface area (Å²) in [5.74, 6) is 0.246. The lowest BCUT2D eigenvalue weighted by atomic mass is 10.2. The molecule has 4 nitrogen and oxygen atoms in total. The molecule has 1 fully saturated rings. The first-order valence-corrected chi connectivity index (χ1v) is 5.74. The number of carboxylic acid groups (broad SMARTS) is 1. The van der Waals surface area contributed by atoms with Crippen molar-refractivity contribution >= 4 is 5.97 Å². The van der Waals surface area contributed by atoms with Crippen molar-refractivity contribution in [2.45, 2.75) is 38.3 Å². The Morgan fingerprint density at radius 2 is 2.38 bits per heavy atom. The molecule has 0 aliphatic heterocycles. The maximum atomic E-state index is 10.4. The zero-order valence-electron chi connectivity index (χ0n) is 9.26. The van der Waals surface area contributed by atoms with Crippen LogP contribution in [0.5, 0.6) is 0 Å². The lowest BCUT2D eigenvalue weighted by Gasteiger charge is -2.20. The van der Waals surface area contributed by atoms with Gasteiger partial charge in [0.2, 0.25) is 0 Å². The summed E-state index contributed by atoms with van der Waals surface area (Å²) in [6.07, 6.45) is 5.10. The summed E-state index contributed by atoms with van der Waals surface area (Å²) in [6.45, 7) is 1.65. The largest absolute Gasteiger partial charge is 0.481 e. The Hall–Kier alpha value is -1.29. The molecule has 0 atom stereocenters. The van der Waals surface area contributed by atoms with Crippen molar-refractivity contribution in [2.75, 3.05) is 6.54 Å². The summed E-state index contributed by atoms with van der Waals surface area (Å²) in [7, 11) is 0. The SMILES string of the molecule is O=C(O)CCCN(Cc1ccco1)C1CC1. The van der Waals surface area contributed by atoms with Gasteiger partial charge in [0.15, 0.2) is 0 Å². The molecule has 16 heavy (non-hydrogen) atoms. The highest BCUT2D eigenvalue weighted by Crippen LogP contribution is 2.28. The molecular formula is C12H17NO3. The van der Waals surface area contributed by atoms with Gasteiger partial charge in [-0.25, -0.2) is 0 Å². The first-order chi connectivity index (χ1) is 7.75. The highest BCUT2D eigenvalue weighted by molar-refractivity contribution is 5.66. The van der Waals surface area contributed by atoms with Crippen LogP contribution in [0.25, 0.3) is 0 Å². The molecule has 0 amide bonds. The van der Waals surface area contributed by atoms with Crippen molar-refractivity contribution in [1.29, 1.82) is 0 Å². The van der Waals surface area contributed by atoms with Crippen LogP contribution in [0.4, 0.5) is 0 Å². The van der Waals surface area contributed by atoms with Crippen LogP contribution in [0.1, 0.15) is 31.4 Å². The van der Waals surface area contributed by atoms with E-state index < -0.39 is 5.97 Å². The number of hydrogen-bond donors (Lipinski definition) is 1. The number of furan rings is 1. The zero-order valence-corrected chi connectivity index (χ0v) is 9.26. The van der Waals surface area contributed by atoms with Crippen LogP contribution in [-0.4, -0.2) is 28.6 Å². The van der Waals surface area contributed by atoms with E-state index in [4.69, 9.17) is 9.52 Å². The van der Waals surface area contributed by atoms with Gasteiger partial charge in [0, 0.05) is 12.5 Å². The molecule has 0 unspecified atom stereocenters. The predicted molar refractivity (Wildman–Crippen MR) is 59.0 cm³/mol. The highest BCUT2D eigenvalue weighted by Gasteiger charge is 2.29. The molecule has 1 N–H and O–H groups in total. The molecule has 1 aliphatic carbocycles. The van der Waals surface area contributed by atoms with E-state index in [-0.39, 0.29) is 6.42 Å². The van der Waals surface area contributed by atoms with Gasteiger partial charge in [-0.15, -0.1) is 0 Å². The first-order valence-electron chi connectivity index (χ1n) is 5.74. The van der Waals surface area contributed by atoms with Crippen LogP contribution in [0.2, 0.25) is 0 Å². The minimum Gasteiger partial charge on any atom is -0.481 e. The summed E-state index contributed by atoms with van der Waals surface area (Å²) in [6, 6.07) is 4.49. The molecule has 0 saturated heterocycles. The van der Waals surface area contributed by atoms with Crippen molar-refractivity contribution < 1.29 is 14.3 Å². The zero-order chi connectivity index (χ0) is 11.4. The number of rotatable bonds is 7. The molecule has 1 aliphatic rings. The number of hydrogen-bond acceptors (Lipinski definition) is 3. The third kappa shape index (κ3) is 3.38. The quantitative estimate of drug-likeness (QED) is 0.769. The summed E-state index contributed by atoms with van der Waals surface area (Å²) in [5, 5.41) is 8.60. The molecule has 1 heterocycles. The summed E-state index contributed by atoms with van der Waals surface area (Å²) < 4.78 is 5.31. The summed E-state index contributed by atoms with van der Waals surface area (Å²) >= 11 is 0. The number of carboxylic acids is 1. The van der Waals surface area contributed by atoms with Crippen LogP contribution >= 0.6 is 0 Å². The Morgan fingerprint density at radius 1 is 1.56 bits per heavy atom.